The average molecular weight is 664 g/mol. The Morgan fingerprint density at radius 1 is 0.440 bits per heavy atom. The lowest BCUT2D eigenvalue weighted by Crippen LogP contribution is -1.88. The summed E-state index contributed by atoms with van der Waals surface area (Å²) < 4.78 is 213. The third-order valence-corrected chi connectivity index (χ3v) is 7.90. The van der Waals surface area contributed by atoms with Gasteiger partial charge in [0.05, 0.1) is 31.5 Å². The monoisotopic (exact) mass is 663 g/mol. The summed E-state index contributed by atoms with van der Waals surface area (Å²) >= 11 is 0. The Bertz CT molecular complexity index is 4050. The fourth-order valence-electron chi connectivity index (χ4n) is 5.67. The highest BCUT2D eigenvalue weighted by Gasteiger charge is 2.18. The van der Waals surface area contributed by atoms with E-state index in [0.29, 0.717) is 0 Å². The maximum absolute atomic E-state index is 9.54. The molecule has 3 heterocycles. The van der Waals surface area contributed by atoms with E-state index in [1.165, 1.54) is 18.2 Å². The van der Waals surface area contributed by atoms with E-state index in [1.807, 2.05) is 0 Å². The lowest BCUT2D eigenvalue weighted by atomic mass is 9.93. The summed E-state index contributed by atoms with van der Waals surface area (Å²) in [5, 5.41) is -0.372. The number of rotatable bonds is 5. The van der Waals surface area contributed by atoms with Crippen molar-refractivity contribution in [1.29, 1.82) is 0 Å². The number of aromatic nitrogens is 2. The van der Waals surface area contributed by atoms with Crippen LogP contribution in [0.2, 0.25) is 0 Å². The maximum atomic E-state index is 9.54. The molecular weight excluding hydrogens is 613 g/mol. The predicted molar refractivity (Wildman–Crippen MR) is 204 cm³/mol. The van der Waals surface area contributed by atoms with Crippen LogP contribution in [0.25, 0.3) is 99.8 Å². The summed E-state index contributed by atoms with van der Waals surface area (Å²) in [6, 6.07) is -11.3. The Labute approximate surface area is 320 Å². The van der Waals surface area contributed by atoms with Crippen molar-refractivity contribution in [2.24, 2.45) is 0 Å². The summed E-state index contributed by atoms with van der Waals surface area (Å²) in [6.07, 6.45) is 1.06. The second-order valence-electron chi connectivity index (χ2n) is 10.8. The van der Waals surface area contributed by atoms with Crippen LogP contribution in [0.4, 0.5) is 0 Å². The van der Waals surface area contributed by atoms with Gasteiger partial charge in [-0.15, -0.1) is 0 Å². The van der Waals surface area contributed by atoms with Gasteiger partial charge in [-0.05, 0) is 81.3 Å². The lowest BCUT2D eigenvalue weighted by molar-refractivity contribution is 0.667. The molecule has 4 heteroatoms. The van der Waals surface area contributed by atoms with Crippen molar-refractivity contribution >= 4 is 44.0 Å². The zero-order valence-electron chi connectivity index (χ0n) is 48.1. The molecule has 7 aromatic carbocycles. The quantitative estimate of drug-likeness (QED) is 0.184. The Morgan fingerprint density at radius 3 is 1.86 bits per heavy atom. The Kier molecular flexibility index (Phi) is 3.11. The van der Waals surface area contributed by atoms with E-state index in [4.69, 9.17) is 34.9 Å². The molecule has 10 rings (SSSR count). The van der Waals surface area contributed by atoms with Gasteiger partial charge in [0.15, 0.2) is 5.58 Å². The van der Waals surface area contributed by atoms with Gasteiger partial charge in [0.1, 0.15) is 34.3 Å². The van der Waals surface area contributed by atoms with Crippen molar-refractivity contribution in [3.8, 4) is 55.8 Å². The van der Waals surface area contributed by atoms with E-state index in [1.54, 1.807) is 0 Å². The van der Waals surface area contributed by atoms with Crippen LogP contribution >= 0.6 is 0 Å². The summed E-state index contributed by atoms with van der Waals surface area (Å²) in [7, 11) is 0. The molecule has 0 radical (unpaired) electrons. The summed E-state index contributed by atoms with van der Waals surface area (Å²) in [5.74, 6) is 0. The van der Waals surface area contributed by atoms with E-state index in [2.05, 4.69) is 9.97 Å². The van der Waals surface area contributed by atoms with Gasteiger partial charge < -0.3 is 8.83 Å². The molecule has 10 aromatic rings. The Hall–Kier alpha value is -6.78. The highest BCUT2D eigenvalue weighted by molar-refractivity contribution is 6.10. The molecule has 0 atom stereocenters. The van der Waals surface area contributed by atoms with E-state index in [-0.39, 0.29) is 71.9 Å². The van der Waals surface area contributed by atoms with Gasteiger partial charge in [-0.1, -0.05) is 121 Å². The minimum atomic E-state index is -0.835. The normalized spacial score (nSPS) is 18.0. The van der Waals surface area contributed by atoms with Crippen LogP contribution < -0.4 is 0 Å². The lowest BCUT2D eigenvalue weighted by Gasteiger charge is -2.11. The highest BCUT2D eigenvalue weighted by Crippen LogP contribution is 2.40. The van der Waals surface area contributed by atoms with Crippen LogP contribution in [-0.4, -0.2) is 9.97 Å². The number of fused-ring (bicyclic) bond motifs is 6. The third kappa shape index (κ3) is 4.69. The molecule has 3 aromatic heterocycles. The van der Waals surface area contributed by atoms with Crippen molar-refractivity contribution in [3.05, 3.63) is 170 Å². The number of hydrogen-bond acceptors (Lipinski definition) is 4. The first-order chi connectivity index (χ1) is 34.3. The molecule has 0 amide bonds. The largest absolute Gasteiger partial charge is 0.455 e. The fourth-order valence-corrected chi connectivity index (χ4v) is 5.67. The number of para-hydroxylation sites is 2. The molecule has 0 aliphatic carbocycles. The minimum absolute atomic E-state index is 0.0141. The molecule has 0 spiro atoms. The number of hydrogen-bond donors (Lipinski definition) is 0. The van der Waals surface area contributed by atoms with Crippen molar-refractivity contribution < 1.29 is 40.4 Å². The topological polar surface area (TPSA) is 52.1 Å². The van der Waals surface area contributed by atoms with Crippen LogP contribution in [0, 0.1) is 0 Å². The summed E-state index contributed by atoms with van der Waals surface area (Å²) in [5.41, 5.74) is -4.95. The number of nitrogens with zero attached hydrogens (tertiary/aromatic N) is 2. The standard InChI is InChI=1S/C46H28N2O2/c1-3-11-29(12-4-1)34-24-35(30-13-5-2-6-14-30)26-36(25-34)31-21-22-42-40(27-31)44-46(50-42)43(47-28-48-44)33-16-9-15-32(23-33)37-18-10-19-39-38-17-7-8-20-41(38)49-45(37)39/h1-28H/i1D,2D,3D,4D,5D,6D,7D,8D,10D,11D,12D,13D,14D,15D,16D,17D,18D,19D,20D,23D,24D,25D,26D. The minimum Gasteiger partial charge on any atom is -0.455 e. The van der Waals surface area contributed by atoms with Crippen LogP contribution in [0.5, 0.6) is 0 Å². The van der Waals surface area contributed by atoms with Gasteiger partial charge >= 0.3 is 0 Å². The van der Waals surface area contributed by atoms with Gasteiger partial charge in [0.25, 0.3) is 0 Å². The summed E-state index contributed by atoms with van der Waals surface area (Å²) in [4.78, 5) is 8.77. The molecule has 0 fully saturated rings. The molecule has 234 valence electrons. The van der Waals surface area contributed by atoms with Crippen molar-refractivity contribution in [1.82, 2.24) is 9.97 Å². The fraction of sp³-hybridized carbons (Fsp3) is 0. The zero-order chi connectivity index (χ0) is 53.0. The third-order valence-electron chi connectivity index (χ3n) is 7.90. The van der Waals surface area contributed by atoms with E-state index in [0.717, 1.165) is 12.4 Å². The van der Waals surface area contributed by atoms with Gasteiger partial charge in [0.2, 0.25) is 0 Å². The first kappa shape index (κ1) is 13.6. The second kappa shape index (κ2) is 11.4. The Morgan fingerprint density at radius 2 is 1.08 bits per heavy atom. The van der Waals surface area contributed by atoms with Crippen molar-refractivity contribution in [2.75, 3.05) is 0 Å². The van der Waals surface area contributed by atoms with Gasteiger partial charge in [-0.25, -0.2) is 9.97 Å². The molecule has 0 unspecified atom stereocenters. The number of furan rings is 2. The van der Waals surface area contributed by atoms with Gasteiger partial charge in [-0.2, -0.15) is 0 Å². The summed E-state index contributed by atoms with van der Waals surface area (Å²) in [6.45, 7) is 0. The molecule has 4 nitrogen and oxygen atoms in total. The molecule has 0 bridgehead atoms. The molecule has 0 saturated carbocycles. The second-order valence-corrected chi connectivity index (χ2v) is 10.8. The molecule has 0 N–H and O–H groups in total. The molecule has 0 saturated heterocycles. The predicted octanol–water partition coefficient (Wildman–Crippen LogP) is 12.6. The number of benzene rings is 7. The van der Waals surface area contributed by atoms with Crippen LogP contribution in [-0.2, 0) is 0 Å². The SMILES string of the molecule is [2H]c1cc([2H])c(-c2c([2H])c([2H])c([2H])c3c2oc2c([2H])c([2H])c([2H])c([2H])c23)c([2H])c1-c1ncnc2c1oc1ccc(-c3c([2H])c(-c4c([2H])c([2H])c([2H])c([2H])c4[2H])c([2H])c(-c4c([2H])c([2H])c([2H])c([2H])c4[2H])c3[2H])cc12. The van der Waals surface area contributed by atoms with E-state index >= 15 is 0 Å². The maximum Gasteiger partial charge on any atom is 0.180 e. The van der Waals surface area contributed by atoms with Crippen molar-refractivity contribution in [3.63, 3.8) is 0 Å². The molecule has 0 aliphatic rings. The first-order valence-corrected chi connectivity index (χ1v) is 14.8. The molecular formula is C46H28N2O2. The van der Waals surface area contributed by atoms with Crippen LogP contribution in [0.15, 0.2) is 178 Å². The molecule has 50 heavy (non-hydrogen) atoms. The average Bonchev–Trinajstić information content (AvgIpc) is 3.95. The molecule has 0 aliphatic heterocycles. The van der Waals surface area contributed by atoms with Gasteiger partial charge in [-0.3, -0.25) is 0 Å². The van der Waals surface area contributed by atoms with E-state index < -0.39 is 167 Å². The van der Waals surface area contributed by atoms with Crippen LogP contribution in [0.1, 0.15) is 31.5 Å². The zero-order valence-corrected chi connectivity index (χ0v) is 25.1. The van der Waals surface area contributed by atoms with Crippen molar-refractivity contribution in [2.45, 2.75) is 0 Å². The van der Waals surface area contributed by atoms with E-state index in [9.17, 15) is 5.48 Å². The first-order valence-electron chi connectivity index (χ1n) is 26.3. The van der Waals surface area contributed by atoms with Crippen LogP contribution in [0.3, 0.4) is 0 Å². The van der Waals surface area contributed by atoms with Gasteiger partial charge in [0, 0.05) is 27.3 Å². The highest BCUT2D eigenvalue weighted by atomic mass is 16.3. The Balaban J connectivity index is 1.24. The smallest absolute Gasteiger partial charge is 0.180 e.